The standard InChI is InChI=1S/C10H8Cl2F2O3/c1-2-16-9(15)5-3-4-6(17-10(13)14)8(12)7(5)11/h3-4,10H,2H2,1H3. The number of hydrogen-bond acceptors (Lipinski definition) is 3. The molecule has 17 heavy (non-hydrogen) atoms. The lowest BCUT2D eigenvalue weighted by Crippen LogP contribution is -2.07. The van der Waals surface area contributed by atoms with Crippen molar-refractivity contribution in [2.24, 2.45) is 0 Å². The normalized spacial score (nSPS) is 10.5. The second kappa shape index (κ2) is 6.02. The number of carbonyl (C=O) groups is 1. The van der Waals surface area contributed by atoms with Crippen LogP contribution in [-0.2, 0) is 4.74 Å². The Morgan fingerprint density at radius 3 is 2.53 bits per heavy atom. The lowest BCUT2D eigenvalue weighted by atomic mass is 10.2. The second-order valence-corrected chi connectivity index (χ2v) is 3.59. The van der Waals surface area contributed by atoms with Gasteiger partial charge >= 0.3 is 12.6 Å². The van der Waals surface area contributed by atoms with Gasteiger partial charge in [0.1, 0.15) is 10.8 Å². The SMILES string of the molecule is CCOC(=O)c1ccc(OC(F)F)c(Cl)c1Cl. The molecule has 0 amide bonds. The van der Waals surface area contributed by atoms with Crippen molar-refractivity contribution in [3.8, 4) is 5.75 Å². The first-order chi connectivity index (χ1) is 7.97. The maximum Gasteiger partial charge on any atom is 0.387 e. The third-order valence-electron chi connectivity index (χ3n) is 1.76. The van der Waals surface area contributed by atoms with Crippen molar-refractivity contribution < 1.29 is 23.0 Å². The number of benzene rings is 1. The molecule has 0 aliphatic carbocycles. The molecule has 0 fully saturated rings. The van der Waals surface area contributed by atoms with Crippen LogP contribution >= 0.6 is 23.2 Å². The van der Waals surface area contributed by atoms with Crippen molar-refractivity contribution in [3.05, 3.63) is 27.7 Å². The van der Waals surface area contributed by atoms with Crippen molar-refractivity contribution in [2.75, 3.05) is 6.61 Å². The Hall–Kier alpha value is -1.07. The Kier molecular flexibility index (Phi) is 4.96. The first kappa shape index (κ1) is 14.0. The van der Waals surface area contributed by atoms with Crippen LogP contribution in [0.2, 0.25) is 10.0 Å². The Morgan fingerprint density at radius 1 is 1.35 bits per heavy atom. The number of ether oxygens (including phenoxy) is 2. The summed E-state index contributed by atoms with van der Waals surface area (Å²) in [6, 6.07) is 2.34. The van der Waals surface area contributed by atoms with Crippen molar-refractivity contribution >= 4 is 29.2 Å². The first-order valence-corrected chi connectivity index (χ1v) is 5.32. The van der Waals surface area contributed by atoms with Crippen LogP contribution in [0.15, 0.2) is 12.1 Å². The van der Waals surface area contributed by atoms with Crippen molar-refractivity contribution in [3.63, 3.8) is 0 Å². The van der Waals surface area contributed by atoms with Gasteiger partial charge in [-0.1, -0.05) is 23.2 Å². The highest BCUT2D eigenvalue weighted by Crippen LogP contribution is 2.35. The molecule has 7 heteroatoms. The Morgan fingerprint density at radius 2 is 2.00 bits per heavy atom. The van der Waals surface area contributed by atoms with Gasteiger partial charge in [0.15, 0.2) is 0 Å². The molecule has 0 saturated heterocycles. The molecule has 0 heterocycles. The Labute approximate surface area is 106 Å². The van der Waals surface area contributed by atoms with Crippen molar-refractivity contribution in [2.45, 2.75) is 13.5 Å². The van der Waals surface area contributed by atoms with Crippen LogP contribution < -0.4 is 4.74 Å². The molecule has 0 bridgehead atoms. The third-order valence-corrected chi connectivity index (χ3v) is 2.62. The van der Waals surface area contributed by atoms with Crippen LogP contribution in [-0.4, -0.2) is 19.2 Å². The van der Waals surface area contributed by atoms with Crippen LogP contribution in [0.5, 0.6) is 5.75 Å². The molecular weight excluding hydrogens is 277 g/mol. The molecular formula is C10H8Cl2F2O3. The predicted octanol–water partition coefficient (Wildman–Crippen LogP) is 3.77. The van der Waals surface area contributed by atoms with E-state index in [4.69, 9.17) is 27.9 Å². The second-order valence-electron chi connectivity index (χ2n) is 2.84. The predicted molar refractivity (Wildman–Crippen MR) is 59.1 cm³/mol. The Balaban J connectivity index is 3.06. The van der Waals surface area contributed by atoms with Gasteiger partial charge in [-0.15, -0.1) is 0 Å². The van der Waals surface area contributed by atoms with Crippen LogP contribution in [0.1, 0.15) is 17.3 Å². The van der Waals surface area contributed by atoms with Gasteiger partial charge in [0.2, 0.25) is 0 Å². The van der Waals surface area contributed by atoms with Crippen LogP contribution in [0.3, 0.4) is 0 Å². The lowest BCUT2D eigenvalue weighted by Gasteiger charge is -2.10. The summed E-state index contributed by atoms with van der Waals surface area (Å²) in [4.78, 5) is 11.4. The molecule has 0 atom stereocenters. The van der Waals surface area contributed by atoms with Gasteiger partial charge in [0.25, 0.3) is 0 Å². The van der Waals surface area contributed by atoms with Gasteiger partial charge in [0, 0.05) is 0 Å². The summed E-state index contributed by atoms with van der Waals surface area (Å²) in [6.45, 7) is -1.22. The van der Waals surface area contributed by atoms with Crippen molar-refractivity contribution in [1.82, 2.24) is 0 Å². The summed E-state index contributed by atoms with van der Waals surface area (Å²) in [5.74, 6) is -0.970. The summed E-state index contributed by atoms with van der Waals surface area (Å²) < 4.78 is 32.8. The molecule has 1 aromatic rings. The van der Waals surface area contributed by atoms with E-state index in [-0.39, 0.29) is 28.0 Å². The quantitative estimate of drug-likeness (QED) is 0.790. The van der Waals surface area contributed by atoms with Gasteiger partial charge in [-0.05, 0) is 19.1 Å². The summed E-state index contributed by atoms with van der Waals surface area (Å²) in [5.41, 5.74) is 0.000123. The number of esters is 1. The van der Waals surface area contributed by atoms with Gasteiger partial charge < -0.3 is 9.47 Å². The number of hydrogen-bond donors (Lipinski definition) is 0. The molecule has 1 aromatic carbocycles. The summed E-state index contributed by atoms with van der Waals surface area (Å²) in [5, 5.41) is -0.430. The van der Waals surface area contributed by atoms with Crippen LogP contribution in [0.25, 0.3) is 0 Å². The topological polar surface area (TPSA) is 35.5 Å². The fraction of sp³-hybridized carbons (Fsp3) is 0.300. The molecule has 0 aliphatic rings. The highest BCUT2D eigenvalue weighted by atomic mass is 35.5. The molecule has 0 saturated carbocycles. The van der Waals surface area contributed by atoms with Gasteiger partial charge in [-0.25, -0.2) is 4.79 Å². The summed E-state index contributed by atoms with van der Waals surface area (Å²) >= 11 is 11.4. The number of rotatable bonds is 4. The minimum atomic E-state index is -3.02. The highest BCUT2D eigenvalue weighted by molar-refractivity contribution is 6.44. The molecule has 0 aliphatic heterocycles. The molecule has 94 valence electrons. The smallest absolute Gasteiger partial charge is 0.387 e. The fourth-order valence-electron chi connectivity index (χ4n) is 1.09. The zero-order valence-electron chi connectivity index (χ0n) is 8.68. The number of halogens is 4. The van der Waals surface area contributed by atoms with E-state index in [9.17, 15) is 13.6 Å². The molecule has 1 rings (SSSR count). The van der Waals surface area contributed by atoms with Gasteiger partial charge in [0.05, 0.1) is 17.2 Å². The number of carbonyl (C=O) groups excluding carboxylic acids is 1. The monoisotopic (exact) mass is 284 g/mol. The minimum absolute atomic E-state index is 0.000123. The van der Waals surface area contributed by atoms with E-state index in [1.165, 1.54) is 6.07 Å². The van der Waals surface area contributed by atoms with Crippen molar-refractivity contribution in [1.29, 1.82) is 0 Å². The molecule has 0 aromatic heterocycles. The van der Waals surface area contributed by atoms with E-state index in [0.717, 1.165) is 6.07 Å². The molecule has 0 unspecified atom stereocenters. The summed E-state index contributed by atoms with van der Waals surface area (Å²) in [7, 11) is 0. The Bertz CT molecular complexity index is 424. The average Bonchev–Trinajstić information content (AvgIpc) is 2.24. The minimum Gasteiger partial charge on any atom is -0.462 e. The average molecular weight is 285 g/mol. The molecule has 0 radical (unpaired) electrons. The molecule has 3 nitrogen and oxygen atoms in total. The maximum atomic E-state index is 12.0. The molecule has 0 N–H and O–H groups in total. The van der Waals surface area contributed by atoms with Crippen LogP contribution in [0, 0.1) is 0 Å². The van der Waals surface area contributed by atoms with Gasteiger partial charge in [-0.2, -0.15) is 8.78 Å². The van der Waals surface area contributed by atoms with Gasteiger partial charge in [-0.3, -0.25) is 0 Å². The van der Waals surface area contributed by atoms with E-state index < -0.39 is 12.6 Å². The fourth-order valence-corrected chi connectivity index (χ4v) is 1.53. The largest absolute Gasteiger partial charge is 0.462 e. The number of alkyl halides is 2. The first-order valence-electron chi connectivity index (χ1n) is 4.57. The van der Waals surface area contributed by atoms with E-state index in [0.29, 0.717) is 0 Å². The van der Waals surface area contributed by atoms with E-state index in [1.807, 2.05) is 0 Å². The van der Waals surface area contributed by atoms with Crippen LogP contribution in [0.4, 0.5) is 8.78 Å². The van der Waals surface area contributed by atoms with E-state index in [1.54, 1.807) is 6.92 Å². The summed E-state index contributed by atoms with van der Waals surface area (Å²) in [6.07, 6.45) is 0. The zero-order chi connectivity index (χ0) is 13.0. The van der Waals surface area contributed by atoms with E-state index >= 15 is 0 Å². The third kappa shape index (κ3) is 3.44. The lowest BCUT2D eigenvalue weighted by molar-refractivity contribution is -0.0497. The molecule has 0 spiro atoms. The van der Waals surface area contributed by atoms with E-state index in [2.05, 4.69) is 4.74 Å². The zero-order valence-corrected chi connectivity index (χ0v) is 10.2. The maximum absolute atomic E-state index is 12.0. The highest BCUT2D eigenvalue weighted by Gasteiger charge is 2.18.